The lowest BCUT2D eigenvalue weighted by molar-refractivity contribution is -0.385. The minimum atomic E-state index is -0.341. The Balaban J connectivity index is 2.01. The molecule has 0 atom stereocenters. The number of benzene rings is 1. The smallest absolute Gasteiger partial charge is 0.272 e. The van der Waals surface area contributed by atoms with Crippen molar-refractivity contribution in [2.45, 2.75) is 33.9 Å². The fourth-order valence-electron chi connectivity index (χ4n) is 1.98. The predicted octanol–water partition coefficient (Wildman–Crippen LogP) is 3.27. The highest BCUT2D eigenvalue weighted by atomic mass is 32.1. The van der Waals surface area contributed by atoms with Gasteiger partial charge in [-0.05, 0) is 26.3 Å². The van der Waals surface area contributed by atoms with Gasteiger partial charge in [-0.25, -0.2) is 4.98 Å². The van der Waals surface area contributed by atoms with Gasteiger partial charge in [-0.3, -0.25) is 10.1 Å². The van der Waals surface area contributed by atoms with Gasteiger partial charge < -0.3 is 5.32 Å². The highest BCUT2D eigenvalue weighted by Crippen LogP contribution is 2.21. The molecule has 2 aromatic rings. The molecule has 0 fully saturated rings. The van der Waals surface area contributed by atoms with Crippen molar-refractivity contribution in [3.05, 3.63) is 55.0 Å². The number of hydrogen-bond acceptors (Lipinski definition) is 5. The molecule has 1 aromatic carbocycles. The zero-order valence-corrected chi connectivity index (χ0v) is 12.6. The molecule has 0 unspecified atom stereocenters. The molecule has 0 bridgehead atoms. The van der Waals surface area contributed by atoms with E-state index in [0.717, 1.165) is 21.8 Å². The van der Waals surface area contributed by atoms with Gasteiger partial charge in [0.15, 0.2) is 0 Å². The topological polar surface area (TPSA) is 68.1 Å². The molecule has 0 spiro atoms. The summed E-state index contributed by atoms with van der Waals surface area (Å²) in [6, 6.07) is 5.17. The van der Waals surface area contributed by atoms with E-state index in [1.54, 1.807) is 24.3 Å². The zero-order valence-electron chi connectivity index (χ0n) is 11.8. The number of hydrogen-bond donors (Lipinski definition) is 1. The van der Waals surface area contributed by atoms with E-state index in [9.17, 15) is 10.1 Å². The van der Waals surface area contributed by atoms with Gasteiger partial charge >= 0.3 is 0 Å². The Morgan fingerprint density at radius 1 is 1.30 bits per heavy atom. The first kappa shape index (κ1) is 14.6. The number of nitrogens with zero attached hydrogens (tertiary/aromatic N) is 2. The van der Waals surface area contributed by atoms with Crippen LogP contribution in [0.25, 0.3) is 0 Å². The summed E-state index contributed by atoms with van der Waals surface area (Å²) < 4.78 is 0. The average Bonchev–Trinajstić information content (AvgIpc) is 2.70. The molecule has 106 valence electrons. The van der Waals surface area contributed by atoms with E-state index in [1.165, 1.54) is 10.9 Å². The van der Waals surface area contributed by atoms with Gasteiger partial charge in [0.1, 0.15) is 5.01 Å². The molecule has 2 rings (SSSR count). The maximum Gasteiger partial charge on any atom is 0.272 e. The summed E-state index contributed by atoms with van der Waals surface area (Å²) in [5.41, 5.74) is 2.91. The van der Waals surface area contributed by atoms with Crippen molar-refractivity contribution in [2.24, 2.45) is 0 Å². The first-order valence-electron chi connectivity index (χ1n) is 6.35. The second-order valence-corrected chi connectivity index (χ2v) is 5.96. The lowest BCUT2D eigenvalue weighted by Gasteiger charge is -2.07. The summed E-state index contributed by atoms with van der Waals surface area (Å²) in [5.74, 6) is 0. The fraction of sp³-hybridized carbons (Fsp3) is 0.357. The van der Waals surface area contributed by atoms with E-state index >= 15 is 0 Å². The molecule has 0 radical (unpaired) electrons. The Kier molecular flexibility index (Phi) is 4.46. The van der Waals surface area contributed by atoms with Crippen LogP contribution in [0.2, 0.25) is 0 Å². The van der Waals surface area contributed by atoms with Crippen LogP contribution < -0.4 is 5.32 Å². The standard InChI is InChI=1S/C14H17N3O2S/c1-9-12(5-4-6-13(9)17(18)19)7-15-8-14-16-10(2)11(3)20-14/h4-6,15H,7-8H2,1-3H3. The van der Waals surface area contributed by atoms with Crippen molar-refractivity contribution in [3.63, 3.8) is 0 Å². The van der Waals surface area contributed by atoms with Crippen molar-refractivity contribution < 1.29 is 4.92 Å². The van der Waals surface area contributed by atoms with Crippen LogP contribution in [-0.4, -0.2) is 9.91 Å². The van der Waals surface area contributed by atoms with Crippen LogP contribution in [0.3, 0.4) is 0 Å². The lowest BCUT2D eigenvalue weighted by atomic mass is 10.1. The third-order valence-electron chi connectivity index (χ3n) is 3.28. The molecule has 0 aliphatic carbocycles. The molecule has 1 heterocycles. The summed E-state index contributed by atoms with van der Waals surface area (Å²) in [6.07, 6.45) is 0. The largest absolute Gasteiger partial charge is 0.306 e. The second kappa shape index (κ2) is 6.11. The normalized spacial score (nSPS) is 10.8. The van der Waals surface area contributed by atoms with Gasteiger partial charge in [0.2, 0.25) is 0 Å². The minimum absolute atomic E-state index is 0.172. The maximum absolute atomic E-state index is 10.9. The Bertz CT molecular complexity index is 618. The van der Waals surface area contributed by atoms with Crippen molar-refractivity contribution in [1.82, 2.24) is 10.3 Å². The number of nitro groups is 1. The van der Waals surface area contributed by atoms with Crippen LogP contribution in [0.5, 0.6) is 0 Å². The monoisotopic (exact) mass is 291 g/mol. The first-order chi connectivity index (χ1) is 9.49. The van der Waals surface area contributed by atoms with Crippen LogP contribution in [-0.2, 0) is 13.1 Å². The molecule has 1 N–H and O–H groups in total. The van der Waals surface area contributed by atoms with Gasteiger partial charge in [0, 0.05) is 29.6 Å². The molecule has 0 aliphatic rings. The van der Waals surface area contributed by atoms with Crippen molar-refractivity contribution in [3.8, 4) is 0 Å². The SMILES string of the molecule is Cc1nc(CNCc2cccc([N+](=O)[O-])c2C)sc1C. The minimum Gasteiger partial charge on any atom is -0.306 e. The van der Waals surface area contributed by atoms with Gasteiger partial charge in [0.25, 0.3) is 5.69 Å². The molecule has 0 amide bonds. The van der Waals surface area contributed by atoms with Gasteiger partial charge in [-0.2, -0.15) is 0 Å². The van der Waals surface area contributed by atoms with E-state index in [-0.39, 0.29) is 10.6 Å². The molecule has 0 saturated heterocycles. The molecule has 0 aliphatic heterocycles. The molecule has 6 heteroatoms. The number of nitro benzene ring substituents is 1. The van der Waals surface area contributed by atoms with E-state index < -0.39 is 0 Å². The lowest BCUT2D eigenvalue weighted by Crippen LogP contribution is -2.13. The third-order valence-corrected chi connectivity index (χ3v) is 4.35. The fourth-order valence-corrected chi connectivity index (χ4v) is 2.88. The number of nitrogens with one attached hydrogen (secondary N) is 1. The first-order valence-corrected chi connectivity index (χ1v) is 7.17. The highest BCUT2D eigenvalue weighted by molar-refractivity contribution is 7.11. The Morgan fingerprint density at radius 3 is 2.65 bits per heavy atom. The zero-order chi connectivity index (χ0) is 14.7. The highest BCUT2D eigenvalue weighted by Gasteiger charge is 2.12. The third kappa shape index (κ3) is 3.20. The molecule has 0 saturated carbocycles. The van der Waals surface area contributed by atoms with E-state index in [0.29, 0.717) is 13.1 Å². The average molecular weight is 291 g/mol. The van der Waals surface area contributed by atoms with Crippen LogP contribution >= 0.6 is 11.3 Å². The molecule has 1 aromatic heterocycles. The summed E-state index contributed by atoms with van der Waals surface area (Å²) in [5, 5.41) is 15.2. The van der Waals surface area contributed by atoms with E-state index in [1.807, 2.05) is 13.0 Å². The molecular formula is C14H17N3O2S. The summed E-state index contributed by atoms with van der Waals surface area (Å²) in [6.45, 7) is 7.13. The molecular weight excluding hydrogens is 274 g/mol. The summed E-state index contributed by atoms with van der Waals surface area (Å²) in [7, 11) is 0. The van der Waals surface area contributed by atoms with Crippen LogP contribution in [0.4, 0.5) is 5.69 Å². The second-order valence-electron chi connectivity index (χ2n) is 4.67. The quantitative estimate of drug-likeness (QED) is 0.678. The van der Waals surface area contributed by atoms with Gasteiger partial charge in [-0.15, -0.1) is 11.3 Å². The van der Waals surface area contributed by atoms with Crippen LogP contribution in [0.15, 0.2) is 18.2 Å². The summed E-state index contributed by atoms with van der Waals surface area (Å²) in [4.78, 5) is 16.2. The number of thiazole rings is 1. The number of aromatic nitrogens is 1. The Labute approximate surface area is 121 Å². The van der Waals surface area contributed by atoms with E-state index in [2.05, 4.69) is 17.2 Å². The molecule has 20 heavy (non-hydrogen) atoms. The van der Waals surface area contributed by atoms with Crippen LogP contribution in [0, 0.1) is 30.9 Å². The summed E-state index contributed by atoms with van der Waals surface area (Å²) >= 11 is 1.68. The van der Waals surface area contributed by atoms with Gasteiger partial charge in [-0.1, -0.05) is 12.1 Å². The molecule has 5 nitrogen and oxygen atoms in total. The predicted molar refractivity (Wildman–Crippen MR) is 80.0 cm³/mol. The number of rotatable bonds is 5. The van der Waals surface area contributed by atoms with Gasteiger partial charge in [0.05, 0.1) is 10.6 Å². The van der Waals surface area contributed by atoms with Crippen molar-refractivity contribution in [2.75, 3.05) is 0 Å². The van der Waals surface area contributed by atoms with Crippen molar-refractivity contribution in [1.29, 1.82) is 0 Å². The Morgan fingerprint density at radius 2 is 2.05 bits per heavy atom. The Hall–Kier alpha value is -1.79. The van der Waals surface area contributed by atoms with Crippen molar-refractivity contribution >= 4 is 17.0 Å². The number of aryl methyl sites for hydroxylation is 2. The van der Waals surface area contributed by atoms with Crippen LogP contribution in [0.1, 0.15) is 26.7 Å². The van der Waals surface area contributed by atoms with E-state index in [4.69, 9.17) is 0 Å². The maximum atomic E-state index is 10.9.